The van der Waals surface area contributed by atoms with Crippen LogP contribution >= 0.6 is 0 Å². The summed E-state index contributed by atoms with van der Waals surface area (Å²) in [5.74, 6) is 3.96. The Morgan fingerprint density at radius 3 is 2.71 bits per heavy atom. The van der Waals surface area contributed by atoms with Crippen LogP contribution in [0.1, 0.15) is 98.8 Å². The molecule has 7 atom stereocenters. The highest BCUT2D eigenvalue weighted by molar-refractivity contribution is 5.27. The average Bonchev–Trinajstić information content (AvgIpc) is 3.00. The van der Waals surface area contributed by atoms with E-state index in [0.717, 1.165) is 30.1 Å². The van der Waals surface area contributed by atoms with Gasteiger partial charge >= 0.3 is 0 Å². The molecule has 1 heteroatoms. The minimum Gasteiger partial charge on any atom is -0.392 e. The maximum absolute atomic E-state index is 11.0. The predicted octanol–water partition coefficient (Wildman–Crippen LogP) is 7.31. The largest absolute Gasteiger partial charge is 0.392 e. The molecule has 28 heavy (non-hydrogen) atoms. The Bertz CT molecular complexity index is 643. The molecule has 4 aliphatic carbocycles. The van der Waals surface area contributed by atoms with Crippen molar-refractivity contribution in [2.75, 3.05) is 0 Å². The Morgan fingerprint density at radius 1 is 1.18 bits per heavy atom. The molecule has 0 saturated heterocycles. The zero-order valence-corrected chi connectivity index (χ0v) is 19.1. The van der Waals surface area contributed by atoms with Gasteiger partial charge in [-0.25, -0.2) is 0 Å². The predicted molar refractivity (Wildman–Crippen MR) is 119 cm³/mol. The van der Waals surface area contributed by atoms with Crippen LogP contribution in [0.5, 0.6) is 0 Å². The fraction of sp³-hybridized carbons (Fsp3) is 0.852. The zero-order valence-electron chi connectivity index (χ0n) is 19.1. The Balaban J connectivity index is 1.56. The lowest BCUT2D eigenvalue weighted by atomic mass is 9.46. The van der Waals surface area contributed by atoms with E-state index < -0.39 is 0 Å². The van der Waals surface area contributed by atoms with Crippen LogP contribution < -0.4 is 0 Å². The first-order chi connectivity index (χ1) is 13.3. The number of aliphatic hydroxyl groups is 1. The van der Waals surface area contributed by atoms with Crippen molar-refractivity contribution >= 4 is 0 Å². The summed E-state index contributed by atoms with van der Waals surface area (Å²) >= 11 is 0. The molecular formula is C27H44O. The third kappa shape index (κ3) is 3.15. The van der Waals surface area contributed by atoms with Crippen LogP contribution in [0.3, 0.4) is 0 Å². The van der Waals surface area contributed by atoms with E-state index in [-0.39, 0.29) is 11.5 Å². The van der Waals surface area contributed by atoms with Crippen molar-refractivity contribution in [3.05, 3.63) is 23.3 Å². The fourth-order valence-electron chi connectivity index (χ4n) is 8.25. The molecule has 0 amide bonds. The summed E-state index contributed by atoms with van der Waals surface area (Å²) in [5.41, 5.74) is 3.85. The normalized spacial score (nSPS) is 46.0. The molecule has 0 spiro atoms. The van der Waals surface area contributed by atoms with Crippen LogP contribution in [0, 0.1) is 40.4 Å². The highest BCUT2D eigenvalue weighted by atomic mass is 16.3. The van der Waals surface area contributed by atoms with Crippen molar-refractivity contribution in [3.8, 4) is 0 Å². The molecule has 0 heterocycles. The number of hydrogen-bond acceptors (Lipinski definition) is 1. The standard InChI is InChI=1S/C27H44O/c1-18(2)8-6-9-19(3)22-14-15-23-21-13-12-20-10-7-11-25(28)27(20,5)24(21)16-17-26(22,23)4/h9,12,18,21-25,28H,6-8,10-11,13-17H2,1-5H3/t21-,22+,23-,24-,25?,26+,27-/m0/s1. The molecule has 0 radical (unpaired) electrons. The molecule has 158 valence electrons. The molecule has 3 fully saturated rings. The Morgan fingerprint density at radius 2 is 1.96 bits per heavy atom. The van der Waals surface area contributed by atoms with Gasteiger partial charge in [-0.1, -0.05) is 51.0 Å². The van der Waals surface area contributed by atoms with Crippen molar-refractivity contribution in [1.29, 1.82) is 0 Å². The summed E-state index contributed by atoms with van der Waals surface area (Å²) in [6.45, 7) is 12.1. The smallest absolute Gasteiger partial charge is 0.0633 e. The molecule has 1 unspecified atom stereocenters. The van der Waals surface area contributed by atoms with E-state index in [9.17, 15) is 5.11 Å². The van der Waals surface area contributed by atoms with Gasteiger partial charge in [0.25, 0.3) is 0 Å². The number of aliphatic hydroxyl groups excluding tert-OH is 1. The Hall–Kier alpha value is -0.560. The molecule has 0 bridgehead atoms. The van der Waals surface area contributed by atoms with E-state index in [1.807, 2.05) is 0 Å². The topological polar surface area (TPSA) is 20.2 Å². The molecule has 3 saturated carbocycles. The van der Waals surface area contributed by atoms with Gasteiger partial charge in [-0.3, -0.25) is 0 Å². The first-order valence-electron chi connectivity index (χ1n) is 12.3. The van der Waals surface area contributed by atoms with Gasteiger partial charge in [-0.15, -0.1) is 0 Å². The fourth-order valence-corrected chi connectivity index (χ4v) is 8.25. The first kappa shape index (κ1) is 20.7. The third-order valence-corrected chi connectivity index (χ3v) is 9.91. The van der Waals surface area contributed by atoms with Crippen LogP contribution in [0.4, 0.5) is 0 Å². The molecule has 1 N–H and O–H groups in total. The Labute approximate surface area is 174 Å². The van der Waals surface area contributed by atoms with Crippen LogP contribution in [0.15, 0.2) is 23.3 Å². The van der Waals surface area contributed by atoms with E-state index in [1.165, 1.54) is 57.8 Å². The monoisotopic (exact) mass is 384 g/mol. The van der Waals surface area contributed by atoms with Gasteiger partial charge in [-0.05, 0) is 106 Å². The second-order valence-corrected chi connectivity index (χ2v) is 11.6. The van der Waals surface area contributed by atoms with Crippen LogP contribution in [-0.4, -0.2) is 11.2 Å². The highest BCUT2D eigenvalue weighted by Crippen LogP contribution is 2.67. The number of allylic oxidation sites excluding steroid dienone is 3. The summed E-state index contributed by atoms with van der Waals surface area (Å²) in [6.07, 6.45) is 17.8. The maximum Gasteiger partial charge on any atom is 0.0633 e. The number of fused-ring (bicyclic) bond motifs is 5. The first-order valence-corrected chi connectivity index (χ1v) is 12.3. The maximum atomic E-state index is 11.0. The molecular weight excluding hydrogens is 340 g/mol. The van der Waals surface area contributed by atoms with Gasteiger partial charge in [0, 0.05) is 5.41 Å². The molecule has 0 aromatic carbocycles. The highest BCUT2D eigenvalue weighted by Gasteiger charge is 2.59. The quantitative estimate of drug-likeness (QED) is 0.504. The summed E-state index contributed by atoms with van der Waals surface area (Å²) in [4.78, 5) is 0. The van der Waals surface area contributed by atoms with Crippen LogP contribution in [-0.2, 0) is 0 Å². The molecule has 4 aliphatic rings. The van der Waals surface area contributed by atoms with Crippen molar-refractivity contribution < 1.29 is 5.11 Å². The summed E-state index contributed by atoms with van der Waals surface area (Å²) in [7, 11) is 0. The van der Waals surface area contributed by atoms with E-state index in [2.05, 4.69) is 46.8 Å². The minimum atomic E-state index is -0.112. The van der Waals surface area contributed by atoms with Gasteiger partial charge < -0.3 is 5.11 Å². The summed E-state index contributed by atoms with van der Waals surface area (Å²) < 4.78 is 0. The molecule has 1 nitrogen and oxygen atoms in total. The van der Waals surface area contributed by atoms with Crippen LogP contribution in [0.2, 0.25) is 0 Å². The van der Waals surface area contributed by atoms with Crippen molar-refractivity contribution in [2.45, 2.75) is 105 Å². The van der Waals surface area contributed by atoms with Crippen LogP contribution in [0.25, 0.3) is 0 Å². The lowest BCUT2D eigenvalue weighted by molar-refractivity contribution is -0.0866. The van der Waals surface area contributed by atoms with Gasteiger partial charge in [0.2, 0.25) is 0 Å². The van der Waals surface area contributed by atoms with E-state index in [1.54, 1.807) is 11.1 Å². The molecule has 4 rings (SSSR count). The van der Waals surface area contributed by atoms with E-state index in [0.29, 0.717) is 11.3 Å². The summed E-state index contributed by atoms with van der Waals surface area (Å²) in [6, 6.07) is 0. The van der Waals surface area contributed by atoms with Gasteiger partial charge in [0.05, 0.1) is 6.10 Å². The van der Waals surface area contributed by atoms with E-state index in [4.69, 9.17) is 0 Å². The second-order valence-electron chi connectivity index (χ2n) is 11.6. The second kappa shape index (κ2) is 7.60. The lowest BCUT2D eigenvalue weighted by Crippen LogP contribution is -2.54. The summed E-state index contributed by atoms with van der Waals surface area (Å²) in [5, 5.41) is 11.0. The van der Waals surface area contributed by atoms with Crippen molar-refractivity contribution in [2.24, 2.45) is 40.4 Å². The molecule has 0 aromatic heterocycles. The third-order valence-electron chi connectivity index (χ3n) is 9.91. The van der Waals surface area contributed by atoms with E-state index >= 15 is 0 Å². The number of hydrogen-bond donors (Lipinski definition) is 1. The zero-order chi connectivity index (χ0) is 20.1. The van der Waals surface area contributed by atoms with Crippen molar-refractivity contribution in [3.63, 3.8) is 0 Å². The minimum absolute atomic E-state index is 0.0722. The van der Waals surface area contributed by atoms with Gasteiger partial charge in [0.1, 0.15) is 0 Å². The molecule has 0 aromatic rings. The molecule has 0 aliphatic heterocycles. The van der Waals surface area contributed by atoms with Gasteiger partial charge in [0.15, 0.2) is 0 Å². The lowest BCUT2D eigenvalue weighted by Gasteiger charge is -2.59. The average molecular weight is 385 g/mol. The SMILES string of the molecule is CC(=CCCC(C)C)[C@H]1CC[C@H]2[C@@H]3CC=C4CCCC(O)[C@]4(C)[C@H]3CC[C@]12C. The Kier molecular flexibility index (Phi) is 5.62. The van der Waals surface area contributed by atoms with Gasteiger partial charge in [-0.2, -0.15) is 0 Å². The van der Waals surface area contributed by atoms with Crippen molar-refractivity contribution in [1.82, 2.24) is 0 Å². The number of rotatable bonds is 4.